The number of benzene rings is 1. The second-order valence-corrected chi connectivity index (χ2v) is 6.62. The van der Waals surface area contributed by atoms with E-state index in [0.717, 1.165) is 33.3 Å². The summed E-state index contributed by atoms with van der Waals surface area (Å²) in [4.78, 5) is 6.87. The van der Waals surface area contributed by atoms with E-state index in [1.807, 2.05) is 32.0 Å². The number of aliphatic hydroxyl groups is 1. The predicted molar refractivity (Wildman–Crippen MR) is 93.4 cm³/mol. The van der Waals surface area contributed by atoms with E-state index in [4.69, 9.17) is 4.74 Å². The van der Waals surface area contributed by atoms with E-state index in [0.29, 0.717) is 13.2 Å². The first-order valence-corrected chi connectivity index (χ1v) is 8.48. The molecule has 0 radical (unpaired) electrons. The van der Waals surface area contributed by atoms with Crippen LogP contribution in [0.15, 0.2) is 24.4 Å². The number of hydrogen-bond acceptors (Lipinski definition) is 5. The highest BCUT2D eigenvalue weighted by atomic mass is 32.1. The lowest BCUT2D eigenvalue weighted by molar-refractivity contribution is 0.267. The van der Waals surface area contributed by atoms with Gasteiger partial charge in [0.15, 0.2) is 4.96 Å². The van der Waals surface area contributed by atoms with Crippen molar-refractivity contribution in [2.24, 2.45) is 0 Å². The van der Waals surface area contributed by atoms with Crippen LogP contribution in [-0.4, -0.2) is 21.1 Å². The Morgan fingerprint density at radius 1 is 1.35 bits per heavy atom. The van der Waals surface area contributed by atoms with Crippen molar-refractivity contribution in [2.45, 2.75) is 33.9 Å². The number of aryl methyl sites for hydroxylation is 2. The lowest BCUT2D eigenvalue weighted by Gasteiger charge is -2.12. The fraction of sp³-hybridized carbons (Fsp3) is 0.353. The number of imidazole rings is 1. The molecule has 3 rings (SSSR count). The highest BCUT2D eigenvalue weighted by Crippen LogP contribution is 2.25. The minimum atomic E-state index is -0.0372. The summed E-state index contributed by atoms with van der Waals surface area (Å²) in [5.74, 6) is 0.733. The van der Waals surface area contributed by atoms with Crippen LogP contribution in [0.25, 0.3) is 4.96 Å². The summed E-state index contributed by atoms with van der Waals surface area (Å²) in [6, 6.07) is 5.79. The first-order valence-electron chi connectivity index (χ1n) is 7.66. The first-order chi connectivity index (χ1) is 11.1. The SMILES string of the molecule is CCOc1ccc(NCc2c(C)nc3sc(C)cn23)cc1CO. The topological polar surface area (TPSA) is 58.8 Å². The molecule has 2 N–H and O–H groups in total. The van der Waals surface area contributed by atoms with Crippen molar-refractivity contribution >= 4 is 22.0 Å². The van der Waals surface area contributed by atoms with Crippen molar-refractivity contribution in [2.75, 3.05) is 11.9 Å². The summed E-state index contributed by atoms with van der Waals surface area (Å²) in [5.41, 5.74) is 3.94. The standard InChI is InChI=1S/C17H21N3O2S/c1-4-22-16-6-5-14(7-13(16)10-21)18-8-15-12(3)19-17-20(15)9-11(2)23-17/h5-7,9,18,21H,4,8,10H2,1-3H3. The van der Waals surface area contributed by atoms with Gasteiger partial charge in [-0.05, 0) is 39.0 Å². The van der Waals surface area contributed by atoms with Crippen LogP contribution in [0.5, 0.6) is 5.75 Å². The van der Waals surface area contributed by atoms with Crippen LogP contribution in [-0.2, 0) is 13.2 Å². The number of anilines is 1. The molecule has 122 valence electrons. The Kier molecular flexibility index (Phi) is 4.54. The number of hydrogen-bond donors (Lipinski definition) is 2. The Hall–Kier alpha value is -2.05. The molecule has 2 aromatic heterocycles. The Balaban J connectivity index is 1.80. The molecule has 6 heteroatoms. The Morgan fingerprint density at radius 2 is 2.17 bits per heavy atom. The van der Waals surface area contributed by atoms with Gasteiger partial charge in [-0.25, -0.2) is 4.98 Å². The van der Waals surface area contributed by atoms with Gasteiger partial charge in [-0.15, -0.1) is 11.3 Å². The van der Waals surface area contributed by atoms with Crippen molar-refractivity contribution < 1.29 is 9.84 Å². The molecule has 0 bridgehead atoms. The third-order valence-corrected chi connectivity index (χ3v) is 4.63. The number of rotatable bonds is 6. The molecular weight excluding hydrogens is 310 g/mol. The summed E-state index contributed by atoms with van der Waals surface area (Å²) in [7, 11) is 0. The lowest BCUT2D eigenvalue weighted by atomic mass is 10.2. The van der Waals surface area contributed by atoms with Crippen LogP contribution in [0.1, 0.15) is 28.8 Å². The third-order valence-electron chi connectivity index (χ3n) is 3.73. The van der Waals surface area contributed by atoms with Crippen molar-refractivity contribution in [1.82, 2.24) is 9.38 Å². The fourth-order valence-electron chi connectivity index (χ4n) is 2.62. The highest BCUT2D eigenvalue weighted by molar-refractivity contribution is 7.17. The average molecular weight is 331 g/mol. The summed E-state index contributed by atoms with van der Waals surface area (Å²) in [6.45, 7) is 7.29. The van der Waals surface area contributed by atoms with Gasteiger partial charge < -0.3 is 15.2 Å². The van der Waals surface area contributed by atoms with Gasteiger partial charge >= 0.3 is 0 Å². The van der Waals surface area contributed by atoms with E-state index in [9.17, 15) is 5.11 Å². The maximum Gasteiger partial charge on any atom is 0.194 e. The monoisotopic (exact) mass is 331 g/mol. The second-order valence-electron chi connectivity index (χ2n) is 5.41. The zero-order chi connectivity index (χ0) is 16.4. The van der Waals surface area contributed by atoms with Crippen LogP contribution in [0.3, 0.4) is 0 Å². The van der Waals surface area contributed by atoms with E-state index < -0.39 is 0 Å². The summed E-state index contributed by atoms with van der Waals surface area (Å²) in [6.07, 6.45) is 2.12. The maximum absolute atomic E-state index is 9.49. The van der Waals surface area contributed by atoms with E-state index in [-0.39, 0.29) is 6.61 Å². The number of ether oxygens (including phenoxy) is 1. The minimum absolute atomic E-state index is 0.0372. The molecule has 0 saturated carbocycles. The number of aliphatic hydroxyl groups excluding tert-OH is 1. The summed E-state index contributed by atoms with van der Waals surface area (Å²) in [5, 5.41) is 12.9. The Bertz CT molecular complexity index is 823. The molecule has 2 heterocycles. The maximum atomic E-state index is 9.49. The third kappa shape index (κ3) is 3.18. The van der Waals surface area contributed by atoms with E-state index in [1.165, 1.54) is 4.88 Å². The average Bonchev–Trinajstić information content (AvgIpc) is 3.01. The minimum Gasteiger partial charge on any atom is -0.494 e. The summed E-state index contributed by atoms with van der Waals surface area (Å²) < 4.78 is 7.65. The van der Waals surface area contributed by atoms with Gasteiger partial charge in [0.05, 0.1) is 31.1 Å². The molecule has 1 aromatic carbocycles. The van der Waals surface area contributed by atoms with Crippen LogP contribution < -0.4 is 10.1 Å². The molecule has 5 nitrogen and oxygen atoms in total. The number of aromatic nitrogens is 2. The smallest absolute Gasteiger partial charge is 0.194 e. The summed E-state index contributed by atoms with van der Waals surface area (Å²) >= 11 is 1.70. The van der Waals surface area contributed by atoms with Crippen molar-refractivity contribution in [3.05, 3.63) is 46.2 Å². The normalized spacial score (nSPS) is 11.1. The lowest BCUT2D eigenvalue weighted by Crippen LogP contribution is -2.05. The second kappa shape index (κ2) is 6.60. The molecule has 0 saturated heterocycles. The zero-order valence-corrected chi connectivity index (χ0v) is 14.4. The van der Waals surface area contributed by atoms with Gasteiger partial charge in [0.25, 0.3) is 0 Å². The number of thiazole rings is 1. The van der Waals surface area contributed by atoms with Gasteiger partial charge in [0, 0.05) is 22.3 Å². The molecule has 0 atom stereocenters. The van der Waals surface area contributed by atoms with Gasteiger partial charge in [0.2, 0.25) is 0 Å². The quantitative estimate of drug-likeness (QED) is 0.725. The zero-order valence-electron chi connectivity index (χ0n) is 13.6. The number of nitrogens with one attached hydrogen (secondary N) is 1. The molecule has 3 aromatic rings. The number of nitrogens with zero attached hydrogens (tertiary/aromatic N) is 2. The molecule has 0 spiro atoms. The largest absolute Gasteiger partial charge is 0.494 e. The van der Waals surface area contributed by atoms with Crippen LogP contribution in [0.4, 0.5) is 5.69 Å². The van der Waals surface area contributed by atoms with Gasteiger partial charge in [0.1, 0.15) is 5.75 Å². The van der Waals surface area contributed by atoms with E-state index >= 15 is 0 Å². The molecule has 0 unspecified atom stereocenters. The Morgan fingerprint density at radius 3 is 2.91 bits per heavy atom. The molecular formula is C17H21N3O2S. The van der Waals surface area contributed by atoms with Crippen LogP contribution in [0, 0.1) is 13.8 Å². The number of fused-ring (bicyclic) bond motifs is 1. The van der Waals surface area contributed by atoms with Crippen molar-refractivity contribution in [1.29, 1.82) is 0 Å². The molecule has 0 amide bonds. The highest BCUT2D eigenvalue weighted by Gasteiger charge is 2.11. The molecule has 0 fully saturated rings. The fourth-order valence-corrected chi connectivity index (χ4v) is 3.51. The van der Waals surface area contributed by atoms with Crippen molar-refractivity contribution in [3.8, 4) is 5.75 Å². The molecule has 0 aliphatic carbocycles. The van der Waals surface area contributed by atoms with Gasteiger partial charge in [-0.2, -0.15) is 0 Å². The Labute approximate surface area is 139 Å². The molecule has 0 aliphatic rings. The van der Waals surface area contributed by atoms with Gasteiger partial charge in [-0.3, -0.25) is 4.40 Å². The van der Waals surface area contributed by atoms with Crippen LogP contribution in [0.2, 0.25) is 0 Å². The van der Waals surface area contributed by atoms with Gasteiger partial charge in [-0.1, -0.05) is 0 Å². The molecule has 23 heavy (non-hydrogen) atoms. The first kappa shape index (κ1) is 15.8. The van der Waals surface area contributed by atoms with E-state index in [1.54, 1.807) is 11.3 Å². The predicted octanol–water partition coefficient (Wildman–Crippen LogP) is 3.52. The van der Waals surface area contributed by atoms with Crippen molar-refractivity contribution in [3.63, 3.8) is 0 Å². The van der Waals surface area contributed by atoms with E-state index in [2.05, 4.69) is 27.8 Å². The molecule has 0 aliphatic heterocycles. The van der Waals surface area contributed by atoms with Crippen LogP contribution >= 0.6 is 11.3 Å².